The fraction of sp³-hybridized carbons (Fsp3) is 0.385. The van der Waals surface area contributed by atoms with E-state index in [1.807, 2.05) is 0 Å². The first-order chi connectivity index (χ1) is 9.04. The highest BCUT2D eigenvalue weighted by atomic mass is 35.5. The summed E-state index contributed by atoms with van der Waals surface area (Å²) < 4.78 is 0. The van der Waals surface area contributed by atoms with Crippen LogP contribution in [0, 0.1) is 0 Å². The Hall–Kier alpha value is -1.20. The van der Waals surface area contributed by atoms with Gasteiger partial charge in [-0.1, -0.05) is 11.6 Å². The van der Waals surface area contributed by atoms with Crippen LogP contribution in [0.3, 0.4) is 0 Å². The molecule has 0 bridgehead atoms. The topological polar surface area (TPSA) is 49.4 Å². The summed E-state index contributed by atoms with van der Waals surface area (Å²) in [6, 6.07) is 4.59. The van der Waals surface area contributed by atoms with Gasteiger partial charge in [0.2, 0.25) is 5.91 Å². The molecule has 1 aromatic rings. The molecule has 0 aliphatic carbocycles. The van der Waals surface area contributed by atoms with Gasteiger partial charge < -0.3 is 10.2 Å². The van der Waals surface area contributed by atoms with Gasteiger partial charge in [-0.15, -0.1) is 12.6 Å². The number of thiol groups is 1. The summed E-state index contributed by atoms with van der Waals surface area (Å²) >= 11 is 10.3. The van der Waals surface area contributed by atoms with E-state index in [9.17, 15) is 9.59 Å². The molecular formula is C13H15ClN2O2S. The molecule has 1 atom stereocenters. The molecule has 102 valence electrons. The minimum Gasteiger partial charge on any atom is -0.357 e. The third kappa shape index (κ3) is 2.87. The average molecular weight is 299 g/mol. The lowest BCUT2D eigenvalue weighted by Gasteiger charge is -2.23. The molecule has 0 aromatic heterocycles. The van der Waals surface area contributed by atoms with E-state index in [0.29, 0.717) is 28.4 Å². The number of amides is 2. The van der Waals surface area contributed by atoms with E-state index in [4.69, 9.17) is 11.6 Å². The van der Waals surface area contributed by atoms with E-state index in [-0.39, 0.29) is 11.8 Å². The van der Waals surface area contributed by atoms with Crippen molar-refractivity contribution < 1.29 is 9.59 Å². The Morgan fingerprint density at radius 1 is 1.47 bits per heavy atom. The summed E-state index contributed by atoms with van der Waals surface area (Å²) in [5.74, 6) is -0.351. The standard InChI is InChI=1S/C13H15ClN2O2S/c1-15-12(17)11-3-2-6-16(11)13(18)9-7-8(19)4-5-10(9)14/h4-5,7,11,19H,2-3,6H2,1H3,(H,15,17). The van der Waals surface area contributed by atoms with Crippen LogP contribution in [0.15, 0.2) is 23.1 Å². The number of hydrogen-bond acceptors (Lipinski definition) is 3. The van der Waals surface area contributed by atoms with Crippen molar-refractivity contribution in [3.05, 3.63) is 28.8 Å². The van der Waals surface area contributed by atoms with Crippen LogP contribution in [0.25, 0.3) is 0 Å². The predicted octanol–water partition coefficient (Wildman–Crippen LogP) is 1.98. The Bertz CT molecular complexity index is 521. The van der Waals surface area contributed by atoms with Gasteiger partial charge in [0.1, 0.15) is 6.04 Å². The number of carbonyl (C=O) groups is 2. The van der Waals surface area contributed by atoms with E-state index in [1.165, 1.54) is 0 Å². The molecule has 1 aliphatic rings. The SMILES string of the molecule is CNC(=O)C1CCCN1C(=O)c1cc(S)ccc1Cl. The molecule has 1 fully saturated rings. The molecule has 6 heteroatoms. The second-order valence-electron chi connectivity index (χ2n) is 4.43. The van der Waals surface area contributed by atoms with Gasteiger partial charge in [-0.2, -0.15) is 0 Å². The van der Waals surface area contributed by atoms with Crippen LogP contribution in [0.4, 0.5) is 0 Å². The van der Waals surface area contributed by atoms with E-state index >= 15 is 0 Å². The van der Waals surface area contributed by atoms with Crippen molar-refractivity contribution in [2.75, 3.05) is 13.6 Å². The second kappa shape index (κ2) is 5.84. The predicted molar refractivity (Wildman–Crippen MR) is 76.8 cm³/mol. The summed E-state index contributed by atoms with van der Waals surface area (Å²) in [6.45, 7) is 0.573. The molecule has 0 saturated carbocycles. The summed E-state index contributed by atoms with van der Waals surface area (Å²) in [5, 5.41) is 2.97. The van der Waals surface area contributed by atoms with Crippen LogP contribution in [-0.2, 0) is 4.79 Å². The Balaban J connectivity index is 2.28. The molecule has 2 rings (SSSR count). The lowest BCUT2D eigenvalue weighted by Crippen LogP contribution is -2.45. The van der Waals surface area contributed by atoms with Gasteiger partial charge in [0.25, 0.3) is 5.91 Å². The van der Waals surface area contributed by atoms with Crippen molar-refractivity contribution in [3.8, 4) is 0 Å². The number of likely N-dealkylation sites (N-methyl/N-ethyl adjacent to an activating group) is 1. The summed E-state index contributed by atoms with van der Waals surface area (Å²) in [5.41, 5.74) is 0.393. The van der Waals surface area contributed by atoms with E-state index < -0.39 is 6.04 Å². The molecule has 1 unspecified atom stereocenters. The van der Waals surface area contributed by atoms with Crippen LogP contribution < -0.4 is 5.32 Å². The van der Waals surface area contributed by atoms with Crippen LogP contribution >= 0.6 is 24.2 Å². The molecule has 1 N–H and O–H groups in total. The highest BCUT2D eigenvalue weighted by Crippen LogP contribution is 2.25. The molecule has 19 heavy (non-hydrogen) atoms. The lowest BCUT2D eigenvalue weighted by atomic mass is 10.1. The van der Waals surface area contributed by atoms with Gasteiger partial charge >= 0.3 is 0 Å². The number of benzene rings is 1. The number of likely N-dealkylation sites (tertiary alicyclic amines) is 1. The molecule has 2 amide bonds. The number of hydrogen-bond donors (Lipinski definition) is 2. The normalized spacial score (nSPS) is 18.5. The van der Waals surface area contributed by atoms with Crippen LogP contribution in [-0.4, -0.2) is 36.3 Å². The number of rotatable bonds is 2. The molecule has 0 radical (unpaired) electrons. The Morgan fingerprint density at radius 2 is 2.21 bits per heavy atom. The van der Waals surface area contributed by atoms with Gasteiger partial charge in [-0.05, 0) is 31.0 Å². The molecule has 1 saturated heterocycles. The Labute approximate surface area is 122 Å². The van der Waals surface area contributed by atoms with E-state index in [2.05, 4.69) is 17.9 Å². The van der Waals surface area contributed by atoms with Gasteiger partial charge in [0.15, 0.2) is 0 Å². The Kier molecular flexibility index (Phi) is 4.37. The zero-order chi connectivity index (χ0) is 14.0. The molecule has 1 heterocycles. The van der Waals surface area contributed by atoms with Gasteiger partial charge in [0.05, 0.1) is 10.6 Å². The Morgan fingerprint density at radius 3 is 2.89 bits per heavy atom. The quantitative estimate of drug-likeness (QED) is 0.820. The summed E-state index contributed by atoms with van der Waals surface area (Å²) in [7, 11) is 1.57. The molecule has 1 aromatic carbocycles. The minimum absolute atomic E-state index is 0.135. The van der Waals surface area contributed by atoms with Gasteiger partial charge in [-0.3, -0.25) is 9.59 Å². The number of nitrogens with zero attached hydrogens (tertiary/aromatic N) is 1. The highest BCUT2D eigenvalue weighted by Gasteiger charge is 2.34. The average Bonchev–Trinajstić information content (AvgIpc) is 2.89. The van der Waals surface area contributed by atoms with Crippen molar-refractivity contribution in [1.82, 2.24) is 10.2 Å². The summed E-state index contributed by atoms with van der Waals surface area (Å²) in [4.78, 5) is 26.5. The second-order valence-corrected chi connectivity index (χ2v) is 5.36. The van der Waals surface area contributed by atoms with Crippen LogP contribution in [0.1, 0.15) is 23.2 Å². The molecule has 0 spiro atoms. The summed E-state index contributed by atoms with van der Waals surface area (Å²) in [6.07, 6.45) is 1.51. The molecule has 1 aliphatic heterocycles. The first kappa shape index (κ1) is 14.2. The third-order valence-corrected chi connectivity index (χ3v) is 3.85. The monoisotopic (exact) mass is 298 g/mol. The third-order valence-electron chi connectivity index (χ3n) is 3.24. The van der Waals surface area contributed by atoms with Crippen molar-refractivity contribution in [3.63, 3.8) is 0 Å². The molecule has 4 nitrogen and oxygen atoms in total. The van der Waals surface area contributed by atoms with Crippen LogP contribution in [0.2, 0.25) is 5.02 Å². The fourth-order valence-corrected chi connectivity index (χ4v) is 2.68. The van der Waals surface area contributed by atoms with Crippen molar-refractivity contribution in [2.24, 2.45) is 0 Å². The maximum absolute atomic E-state index is 12.5. The number of halogens is 1. The smallest absolute Gasteiger partial charge is 0.256 e. The van der Waals surface area contributed by atoms with Crippen LogP contribution in [0.5, 0.6) is 0 Å². The number of carbonyl (C=O) groups excluding carboxylic acids is 2. The zero-order valence-electron chi connectivity index (χ0n) is 10.5. The zero-order valence-corrected chi connectivity index (χ0v) is 12.2. The van der Waals surface area contributed by atoms with Crippen molar-refractivity contribution in [1.29, 1.82) is 0 Å². The fourth-order valence-electron chi connectivity index (χ4n) is 2.28. The lowest BCUT2D eigenvalue weighted by molar-refractivity contribution is -0.124. The van der Waals surface area contributed by atoms with Crippen molar-refractivity contribution >= 4 is 36.0 Å². The minimum atomic E-state index is -0.405. The van der Waals surface area contributed by atoms with Gasteiger partial charge in [-0.25, -0.2) is 0 Å². The van der Waals surface area contributed by atoms with Crippen molar-refractivity contribution in [2.45, 2.75) is 23.8 Å². The maximum atomic E-state index is 12.5. The van der Waals surface area contributed by atoms with Gasteiger partial charge in [0, 0.05) is 18.5 Å². The van der Waals surface area contributed by atoms with E-state index in [0.717, 1.165) is 6.42 Å². The number of nitrogens with one attached hydrogen (secondary N) is 1. The first-order valence-corrected chi connectivity index (χ1v) is 6.88. The first-order valence-electron chi connectivity index (χ1n) is 6.05. The highest BCUT2D eigenvalue weighted by molar-refractivity contribution is 7.80. The van der Waals surface area contributed by atoms with E-state index in [1.54, 1.807) is 30.1 Å². The molecular weight excluding hydrogens is 284 g/mol. The maximum Gasteiger partial charge on any atom is 0.256 e. The largest absolute Gasteiger partial charge is 0.357 e.